The zero-order valence-corrected chi connectivity index (χ0v) is 13.3. The lowest BCUT2D eigenvalue weighted by Crippen LogP contribution is -2.27. The Morgan fingerprint density at radius 1 is 1.14 bits per heavy atom. The van der Waals surface area contributed by atoms with Gasteiger partial charge in [-0.15, -0.1) is 0 Å². The molecule has 3 rings (SSSR count). The lowest BCUT2D eigenvalue weighted by Gasteiger charge is -2.20. The van der Waals surface area contributed by atoms with Crippen LogP contribution < -0.4 is 5.32 Å². The first-order chi connectivity index (χ1) is 9.99. The molecule has 1 aliphatic rings. The van der Waals surface area contributed by atoms with E-state index in [0.717, 1.165) is 24.9 Å². The van der Waals surface area contributed by atoms with Crippen LogP contribution in [0.25, 0.3) is 10.8 Å². The summed E-state index contributed by atoms with van der Waals surface area (Å²) in [6.45, 7) is 2.76. The molecule has 1 aliphatic carbocycles. The second kappa shape index (κ2) is 5.43. The number of sulfone groups is 1. The quantitative estimate of drug-likeness (QED) is 0.923. The minimum absolute atomic E-state index is 0.138. The lowest BCUT2D eigenvalue weighted by molar-refractivity contribution is 0.565. The molecule has 1 N–H and O–H groups in total. The molecule has 112 valence electrons. The number of nitrogens with one attached hydrogen (secondary N) is 1. The van der Waals surface area contributed by atoms with E-state index in [4.69, 9.17) is 0 Å². The zero-order valence-electron chi connectivity index (χ0n) is 12.5. The molecule has 0 saturated carbocycles. The van der Waals surface area contributed by atoms with Crippen molar-refractivity contribution in [2.75, 3.05) is 18.6 Å². The Morgan fingerprint density at radius 3 is 2.52 bits per heavy atom. The average Bonchev–Trinajstić information content (AvgIpc) is 2.83. The standard InChI is InChI=1S/C17H21NO2S/c1-3-18-16(11-21(2,19)20)14-10-9-13-8-7-12-5-4-6-15(14)17(12)13/h4-6,9-10,16,18H,3,7-8,11H2,1-2H3. The maximum atomic E-state index is 11.7. The van der Waals surface area contributed by atoms with Gasteiger partial charge in [0.05, 0.1) is 5.75 Å². The fraction of sp³-hybridized carbons (Fsp3) is 0.412. The molecule has 4 heteroatoms. The molecular formula is C17H21NO2S. The van der Waals surface area contributed by atoms with Gasteiger partial charge in [-0.05, 0) is 46.8 Å². The van der Waals surface area contributed by atoms with Crippen molar-refractivity contribution >= 4 is 20.6 Å². The number of benzene rings is 2. The third-order valence-corrected chi connectivity index (χ3v) is 5.14. The highest BCUT2D eigenvalue weighted by Crippen LogP contribution is 2.35. The van der Waals surface area contributed by atoms with Gasteiger partial charge in [0.15, 0.2) is 0 Å². The fourth-order valence-electron chi connectivity index (χ4n) is 3.38. The Labute approximate surface area is 126 Å². The van der Waals surface area contributed by atoms with Crippen molar-refractivity contribution in [2.24, 2.45) is 0 Å². The van der Waals surface area contributed by atoms with E-state index in [9.17, 15) is 8.42 Å². The Bertz CT molecular complexity index is 770. The van der Waals surface area contributed by atoms with Gasteiger partial charge in [0.2, 0.25) is 0 Å². The number of hydrogen-bond donors (Lipinski definition) is 1. The van der Waals surface area contributed by atoms with Gasteiger partial charge < -0.3 is 5.32 Å². The molecule has 0 saturated heterocycles. The Hall–Kier alpha value is -1.39. The summed E-state index contributed by atoms with van der Waals surface area (Å²) in [4.78, 5) is 0. The smallest absolute Gasteiger partial charge is 0.149 e. The van der Waals surface area contributed by atoms with Crippen molar-refractivity contribution in [3.8, 4) is 0 Å². The van der Waals surface area contributed by atoms with Crippen molar-refractivity contribution in [2.45, 2.75) is 25.8 Å². The van der Waals surface area contributed by atoms with E-state index >= 15 is 0 Å². The summed E-state index contributed by atoms with van der Waals surface area (Å²) in [5.41, 5.74) is 3.88. The van der Waals surface area contributed by atoms with Gasteiger partial charge in [-0.2, -0.15) is 0 Å². The molecule has 0 radical (unpaired) electrons. The van der Waals surface area contributed by atoms with Crippen molar-refractivity contribution in [3.05, 3.63) is 47.0 Å². The van der Waals surface area contributed by atoms with Crippen LogP contribution in [0, 0.1) is 0 Å². The first kappa shape index (κ1) is 14.5. The summed E-state index contributed by atoms with van der Waals surface area (Å²) in [6, 6.07) is 10.5. The summed E-state index contributed by atoms with van der Waals surface area (Å²) in [5.74, 6) is 0.138. The third kappa shape index (κ3) is 2.83. The van der Waals surface area contributed by atoms with Gasteiger partial charge in [0.25, 0.3) is 0 Å². The van der Waals surface area contributed by atoms with Crippen LogP contribution in [-0.4, -0.2) is 27.0 Å². The highest BCUT2D eigenvalue weighted by atomic mass is 32.2. The molecule has 2 aromatic carbocycles. The molecule has 3 nitrogen and oxygen atoms in total. The van der Waals surface area contributed by atoms with Crippen LogP contribution in [0.1, 0.15) is 29.7 Å². The van der Waals surface area contributed by atoms with Gasteiger partial charge in [-0.25, -0.2) is 8.42 Å². The van der Waals surface area contributed by atoms with Crippen LogP contribution in [0.4, 0.5) is 0 Å². The van der Waals surface area contributed by atoms with Crippen molar-refractivity contribution in [1.82, 2.24) is 5.32 Å². The van der Waals surface area contributed by atoms with E-state index in [0.29, 0.717) is 0 Å². The van der Waals surface area contributed by atoms with Gasteiger partial charge in [-0.3, -0.25) is 0 Å². The molecular weight excluding hydrogens is 282 g/mol. The second-order valence-corrected chi connectivity index (χ2v) is 8.04. The van der Waals surface area contributed by atoms with E-state index in [1.165, 1.54) is 28.2 Å². The predicted molar refractivity (Wildman–Crippen MR) is 87.5 cm³/mol. The third-order valence-electron chi connectivity index (χ3n) is 4.21. The SMILES string of the molecule is CCNC(CS(C)(=O)=O)c1ccc2c3c(cccc13)CC2. The number of hydrogen-bond acceptors (Lipinski definition) is 3. The Morgan fingerprint density at radius 2 is 1.86 bits per heavy atom. The molecule has 0 fully saturated rings. The number of aryl methyl sites for hydroxylation is 2. The highest BCUT2D eigenvalue weighted by Gasteiger charge is 2.22. The van der Waals surface area contributed by atoms with Crippen LogP contribution in [0.15, 0.2) is 30.3 Å². The number of rotatable bonds is 5. The van der Waals surface area contributed by atoms with Crippen LogP contribution in [-0.2, 0) is 22.7 Å². The normalized spacial score (nSPS) is 15.5. The average molecular weight is 303 g/mol. The van der Waals surface area contributed by atoms with Gasteiger partial charge >= 0.3 is 0 Å². The van der Waals surface area contributed by atoms with Gasteiger partial charge in [0.1, 0.15) is 9.84 Å². The Balaban J connectivity index is 2.15. The topological polar surface area (TPSA) is 46.2 Å². The largest absolute Gasteiger partial charge is 0.309 e. The molecule has 0 aromatic heterocycles. The molecule has 0 spiro atoms. The van der Waals surface area contributed by atoms with Crippen LogP contribution >= 0.6 is 0 Å². The van der Waals surface area contributed by atoms with Crippen molar-refractivity contribution in [1.29, 1.82) is 0 Å². The van der Waals surface area contributed by atoms with Crippen LogP contribution in [0.2, 0.25) is 0 Å². The minimum Gasteiger partial charge on any atom is -0.309 e. The summed E-state index contributed by atoms with van der Waals surface area (Å²) < 4.78 is 23.5. The van der Waals surface area contributed by atoms with Gasteiger partial charge in [-0.1, -0.05) is 37.3 Å². The molecule has 21 heavy (non-hydrogen) atoms. The maximum absolute atomic E-state index is 11.7. The molecule has 0 heterocycles. The zero-order chi connectivity index (χ0) is 15.0. The van der Waals surface area contributed by atoms with E-state index in [1.807, 2.05) is 6.92 Å². The molecule has 0 bridgehead atoms. The fourth-order valence-corrected chi connectivity index (χ4v) is 4.28. The van der Waals surface area contributed by atoms with Crippen molar-refractivity contribution in [3.63, 3.8) is 0 Å². The maximum Gasteiger partial charge on any atom is 0.149 e. The predicted octanol–water partition coefficient (Wildman–Crippen LogP) is 2.63. The van der Waals surface area contributed by atoms with Gasteiger partial charge in [0, 0.05) is 12.3 Å². The van der Waals surface area contributed by atoms with E-state index < -0.39 is 9.84 Å². The van der Waals surface area contributed by atoms with Crippen LogP contribution in [0.5, 0.6) is 0 Å². The van der Waals surface area contributed by atoms with Crippen molar-refractivity contribution < 1.29 is 8.42 Å². The molecule has 1 unspecified atom stereocenters. The molecule has 0 amide bonds. The lowest BCUT2D eigenvalue weighted by atomic mass is 9.96. The highest BCUT2D eigenvalue weighted by molar-refractivity contribution is 7.90. The molecule has 0 aliphatic heterocycles. The first-order valence-electron chi connectivity index (χ1n) is 7.44. The molecule has 1 atom stereocenters. The summed E-state index contributed by atoms with van der Waals surface area (Å²) in [7, 11) is -3.03. The minimum atomic E-state index is -3.03. The molecule has 2 aromatic rings. The Kier molecular flexibility index (Phi) is 3.76. The second-order valence-electron chi connectivity index (χ2n) is 5.86. The summed E-state index contributed by atoms with van der Waals surface area (Å²) >= 11 is 0. The first-order valence-corrected chi connectivity index (χ1v) is 9.50. The van der Waals surface area contributed by atoms with E-state index in [-0.39, 0.29) is 11.8 Å². The van der Waals surface area contributed by atoms with E-state index in [1.54, 1.807) is 0 Å². The monoisotopic (exact) mass is 303 g/mol. The summed E-state index contributed by atoms with van der Waals surface area (Å²) in [6.07, 6.45) is 3.49. The summed E-state index contributed by atoms with van der Waals surface area (Å²) in [5, 5.41) is 5.87. The van der Waals surface area contributed by atoms with Crippen LogP contribution in [0.3, 0.4) is 0 Å². The van der Waals surface area contributed by atoms with E-state index in [2.05, 4.69) is 35.6 Å².